The number of benzene rings is 2. The van der Waals surface area contributed by atoms with E-state index in [0.29, 0.717) is 18.2 Å². The van der Waals surface area contributed by atoms with Crippen molar-refractivity contribution in [3.05, 3.63) is 76.5 Å². The van der Waals surface area contributed by atoms with Gasteiger partial charge in [0.05, 0.1) is 11.0 Å². The fraction of sp³-hybridized carbons (Fsp3) is 0.238. The molecule has 6 heteroatoms. The lowest BCUT2D eigenvalue weighted by molar-refractivity contribution is -0.113. The van der Waals surface area contributed by atoms with E-state index in [4.69, 9.17) is 4.74 Å². The maximum absolute atomic E-state index is 11.9. The molecule has 0 saturated carbocycles. The molecule has 1 aliphatic rings. The zero-order valence-corrected chi connectivity index (χ0v) is 16.1. The van der Waals surface area contributed by atoms with Gasteiger partial charge < -0.3 is 10.1 Å². The second kappa shape index (κ2) is 7.48. The quantitative estimate of drug-likeness (QED) is 0.706. The van der Waals surface area contributed by atoms with Crippen LogP contribution in [0.15, 0.2) is 48.5 Å². The number of anilines is 1. The number of thioether (sulfide) groups is 1. The topological polar surface area (TPSA) is 67.0 Å². The van der Waals surface area contributed by atoms with Crippen LogP contribution in [0.2, 0.25) is 0 Å². The first-order chi connectivity index (χ1) is 13.1. The van der Waals surface area contributed by atoms with Gasteiger partial charge in [-0.25, -0.2) is 0 Å². The Balaban J connectivity index is 1.53. The Labute approximate surface area is 162 Å². The predicted octanol–water partition coefficient (Wildman–Crippen LogP) is 4.38. The number of hydrogen-bond acceptors (Lipinski definition) is 4. The molecular formula is C21H21N3O2S. The molecule has 4 rings (SSSR count). The Hall–Kier alpha value is -2.73. The summed E-state index contributed by atoms with van der Waals surface area (Å²) in [7, 11) is 0. The van der Waals surface area contributed by atoms with Crippen LogP contribution in [-0.2, 0) is 11.4 Å². The van der Waals surface area contributed by atoms with Crippen molar-refractivity contribution < 1.29 is 9.53 Å². The van der Waals surface area contributed by atoms with Gasteiger partial charge in [-0.3, -0.25) is 9.89 Å². The molecule has 1 atom stereocenters. The molecule has 0 saturated heterocycles. The lowest BCUT2D eigenvalue weighted by atomic mass is 10.0. The normalized spacial score (nSPS) is 16.4. The van der Waals surface area contributed by atoms with Crippen molar-refractivity contribution in [3.8, 4) is 5.75 Å². The standard InChI is InChI=1S/C21H21N3O2S/c1-13-5-3-4-6-16(13)11-26-17-9-7-15(8-10-17)20-19-14(2)23-24-21(19)22-18(25)12-27-20/h3-10,20H,11-12H2,1-2H3,(H2,22,23,24,25)/t20-/m0/s1. The molecule has 0 bridgehead atoms. The smallest absolute Gasteiger partial charge is 0.235 e. The minimum Gasteiger partial charge on any atom is -0.489 e. The van der Waals surface area contributed by atoms with Crippen LogP contribution in [0, 0.1) is 13.8 Å². The molecule has 0 spiro atoms. The number of fused-ring (bicyclic) bond motifs is 1. The number of amides is 1. The second-order valence-electron chi connectivity index (χ2n) is 6.63. The fourth-order valence-corrected chi connectivity index (χ4v) is 4.39. The number of H-pyrrole nitrogens is 1. The van der Waals surface area contributed by atoms with Crippen molar-refractivity contribution in [2.24, 2.45) is 0 Å². The number of aromatic nitrogens is 2. The highest BCUT2D eigenvalue weighted by Gasteiger charge is 2.28. The summed E-state index contributed by atoms with van der Waals surface area (Å²) in [5, 5.41) is 10.1. The summed E-state index contributed by atoms with van der Waals surface area (Å²) in [6.45, 7) is 4.62. The van der Waals surface area contributed by atoms with E-state index in [1.54, 1.807) is 11.8 Å². The van der Waals surface area contributed by atoms with Gasteiger partial charge in [0.1, 0.15) is 12.4 Å². The third-order valence-corrected chi connectivity index (χ3v) is 6.00. The van der Waals surface area contributed by atoms with Gasteiger partial charge in [-0.15, -0.1) is 11.8 Å². The molecule has 1 amide bonds. The van der Waals surface area contributed by atoms with Gasteiger partial charge >= 0.3 is 0 Å². The summed E-state index contributed by atoms with van der Waals surface area (Å²) >= 11 is 1.61. The molecule has 0 fully saturated rings. The van der Waals surface area contributed by atoms with Crippen molar-refractivity contribution in [3.63, 3.8) is 0 Å². The predicted molar refractivity (Wildman–Crippen MR) is 108 cm³/mol. The van der Waals surface area contributed by atoms with Gasteiger partial charge in [0.25, 0.3) is 0 Å². The Morgan fingerprint density at radius 1 is 1.15 bits per heavy atom. The summed E-state index contributed by atoms with van der Waals surface area (Å²) in [5.74, 6) is 1.85. The highest BCUT2D eigenvalue weighted by atomic mass is 32.2. The monoisotopic (exact) mass is 379 g/mol. The number of aryl methyl sites for hydroxylation is 2. The lowest BCUT2D eigenvalue weighted by Crippen LogP contribution is -2.12. The van der Waals surface area contributed by atoms with E-state index >= 15 is 0 Å². The molecule has 138 valence electrons. The number of carbonyl (C=O) groups is 1. The number of carbonyl (C=O) groups excluding carboxylic acids is 1. The van der Waals surface area contributed by atoms with Crippen molar-refractivity contribution >= 4 is 23.5 Å². The van der Waals surface area contributed by atoms with E-state index in [9.17, 15) is 4.79 Å². The summed E-state index contributed by atoms with van der Waals surface area (Å²) in [6.07, 6.45) is 0. The first-order valence-electron chi connectivity index (χ1n) is 8.85. The molecule has 1 aliphatic heterocycles. The second-order valence-corrected chi connectivity index (χ2v) is 7.73. The van der Waals surface area contributed by atoms with E-state index in [-0.39, 0.29) is 11.2 Å². The van der Waals surface area contributed by atoms with Crippen molar-refractivity contribution in [2.75, 3.05) is 11.1 Å². The third kappa shape index (κ3) is 3.71. The Bertz CT molecular complexity index is 966. The lowest BCUT2D eigenvalue weighted by Gasteiger charge is -2.16. The van der Waals surface area contributed by atoms with Gasteiger partial charge in [-0.1, -0.05) is 36.4 Å². The first kappa shape index (κ1) is 17.7. The SMILES string of the molecule is Cc1ccccc1COc1ccc([C@@H]2SCC(=O)Nc3n[nH]c(C)c32)cc1. The highest BCUT2D eigenvalue weighted by molar-refractivity contribution is 8.00. The minimum atomic E-state index is -0.0200. The molecule has 5 nitrogen and oxygen atoms in total. The fourth-order valence-electron chi connectivity index (χ4n) is 3.20. The van der Waals surface area contributed by atoms with Crippen LogP contribution in [0.4, 0.5) is 5.82 Å². The number of hydrogen-bond donors (Lipinski definition) is 2. The summed E-state index contributed by atoms with van der Waals surface area (Å²) < 4.78 is 5.94. The Kier molecular flexibility index (Phi) is 4.90. The van der Waals surface area contributed by atoms with Gasteiger partial charge in [0.15, 0.2) is 5.82 Å². The highest BCUT2D eigenvalue weighted by Crippen LogP contribution is 2.42. The van der Waals surface area contributed by atoms with E-state index in [2.05, 4.69) is 46.7 Å². The number of nitrogens with zero attached hydrogens (tertiary/aromatic N) is 1. The summed E-state index contributed by atoms with van der Waals surface area (Å²) in [4.78, 5) is 11.9. The van der Waals surface area contributed by atoms with E-state index < -0.39 is 0 Å². The van der Waals surface area contributed by atoms with Crippen LogP contribution < -0.4 is 10.1 Å². The van der Waals surface area contributed by atoms with Crippen LogP contribution >= 0.6 is 11.8 Å². The number of aromatic amines is 1. The molecule has 0 aliphatic carbocycles. The molecule has 2 N–H and O–H groups in total. The average Bonchev–Trinajstić information content (AvgIpc) is 2.93. The average molecular weight is 379 g/mol. The van der Waals surface area contributed by atoms with Crippen molar-refractivity contribution in [1.82, 2.24) is 10.2 Å². The number of rotatable bonds is 4. The molecule has 2 heterocycles. The zero-order valence-electron chi connectivity index (χ0n) is 15.3. The molecular weight excluding hydrogens is 358 g/mol. The van der Waals surface area contributed by atoms with Crippen LogP contribution in [0.3, 0.4) is 0 Å². The molecule has 2 aromatic carbocycles. The first-order valence-corrected chi connectivity index (χ1v) is 9.90. The van der Waals surface area contributed by atoms with E-state index in [1.165, 1.54) is 11.1 Å². The van der Waals surface area contributed by atoms with E-state index in [0.717, 1.165) is 22.6 Å². The van der Waals surface area contributed by atoms with Crippen molar-refractivity contribution in [1.29, 1.82) is 0 Å². The minimum absolute atomic E-state index is 0.0200. The number of ether oxygens (including phenoxy) is 1. The van der Waals surface area contributed by atoms with Gasteiger partial charge in [0, 0.05) is 11.3 Å². The maximum atomic E-state index is 11.9. The summed E-state index contributed by atoms with van der Waals surface area (Å²) in [6, 6.07) is 16.3. The molecule has 0 radical (unpaired) electrons. The van der Waals surface area contributed by atoms with Gasteiger partial charge in [-0.05, 0) is 42.7 Å². The van der Waals surface area contributed by atoms with Gasteiger partial charge in [-0.2, -0.15) is 5.10 Å². The Morgan fingerprint density at radius 3 is 2.70 bits per heavy atom. The van der Waals surface area contributed by atoms with Crippen LogP contribution in [-0.4, -0.2) is 21.9 Å². The van der Waals surface area contributed by atoms with Gasteiger partial charge in [0.2, 0.25) is 5.91 Å². The Morgan fingerprint density at radius 2 is 1.93 bits per heavy atom. The molecule has 3 aromatic rings. The largest absolute Gasteiger partial charge is 0.489 e. The summed E-state index contributed by atoms with van der Waals surface area (Å²) in [5.41, 5.74) is 5.56. The zero-order chi connectivity index (χ0) is 18.8. The molecule has 27 heavy (non-hydrogen) atoms. The van der Waals surface area contributed by atoms with Crippen LogP contribution in [0.25, 0.3) is 0 Å². The third-order valence-electron chi connectivity index (χ3n) is 4.73. The van der Waals surface area contributed by atoms with Crippen LogP contribution in [0.5, 0.6) is 5.75 Å². The van der Waals surface area contributed by atoms with Crippen molar-refractivity contribution in [2.45, 2.75) is 25.7 Å². The maximum Gasteiger partial charge on any atom is 0.235 e. The molecule has 1 aromatic heterocycles. The van der Waals surface area contributed by atoms with Crippen LogP contribution in [0.1, 0.15) is 33.2 Å². The molecule has 0 unspecified atom stereocenters. The number of nitrogens with one attached hydrogen (secondary N) is 2. The van der Waals surface area contributed by atoms with E-state index in [1.807, 2.05) is 31.2 Å².